The summed E-state index contributed by atoms with van der Waals surface area (Å²) in [6.45, 7) is 4.12. The van der Waals surface area contributed by atoms with Crippen LogP contribution < -0.4 is 15.5 Å². The molecule has 2 N–H and O–H groups in total. The minimum atomic E-state index is 0.110. The molecule has 1 aromatic carbocycles. The molecule has 1 saturated heterocycles. The summed E-state index contributed by atoms with van der Waals surface area (Å²) < 4.78 is 0. The molecule has 6 heteroatoms. The standard InChI is InChI=1S/C24H33N5O/c1-18-17-22(29-15-5-6-16-29)28-24(25-18)27-21-12-10-20(11-13-21)26-23(30)14-9-19-7-3-2-4-8-19/h10-13,17,19H,2-9,14-16H2,1H3,(H,26,30)(H,25,27,28). The smallest absolute Gasteiger partial charge is 0.229 e. The van der Waals surface area contributed by atoms with E-state index in [1.165, 1.54) is 44.9 Å². The second-order valence-electron chi connectivity index (χ2n) is 8.68. The first-order valence-corrected chi connectivity index (χ1v) is 11.4. The van der Waals surface area contributed by atoms with Crippen LogP contribution in [0.4, 0.5) is 23.1 Å². The van der Waals surface area contributed by atoms with Gasteiger partial charge in [0.25, 0.3) is 0 Å². The van der Waals surface area contributed by atoms with E-state index < -0.39 is 0 Å². The van der Waals surface area contributed by atoms with E-state index in [4.69, 9.17) is 0 Å². The summed E-state index contributed by atoms with van der Waals surface area (Å²) >= 11 is 0. The van der Waals surface area contributed by atoms with Crippen molar-refractivity contribution >= 4 is 29.0 Å². The SMILES string of the molecule is Cc1cc(N2CCCC2)nc(Nc2ccc(NC(=O)CCC3CCCCC3)cc2)n1. The van der Waals surface area contributed by atoms with Crippen molar-refractivity contribution in [2.24, 2.45) is 5.92 Å². The van der Waals surface area contributed by atoms with Crippen LogP contribution in [0.1, 0.15) is 63.5 Å². The van der Waals surface area contributed by atoms with Gasteiger partial charge < -0.3 is 15.5 Å². The fraction of sp³-hybridized carbons (Fsp3) is 0.542. The molecule has 1 amide bonds. The number of nitrogens with zero attached hydrogens (tertiary/aromatic N) is 3. The number of anilines is 4. The number of rotatable bonds is 7. The summed E-state index contributed by atoms with van der Waals surface area (Å²) in [5, 5.41) is 6.32. The van der Waals surface area contributed by atoms with Crippen LogP contribution in [0, 0.1) is 12.8 Å². The number of aryl methyl sites for hydroxylation is 1. The summed E-state index contributed by atoms with van der Waals surface area (Å²) in [6, 6.07) is 9.81. The predicted octanol–water partition coefficient (Wildman–Crippen LogP) is 5.43. The number of carbonyl (C=O) groups is 1. The molecule has 1 saturated carbocycles. The highest BCUT2D eigenvalue weighted by Crippen LogP contribution is 2.27. The molecule has 6 nitrogen and oxygen atoms in total. The normalized spacial score (nSPS) is 17.2. The zero-order valence-electron chi connectivity index (χ0n) is 18.0. The van der Waals surface area contributed by atoms with Gasteiger partial charge in [-0.2, -0.15) is 4.98 Å². The molecule has 0 spiro atoms. The van der Waals surface area contributed by atoms with Crippen molar-refractivity contribution in [1.82, 2.24) is 9.97 Å². The molecular weight excluding hydrogens is 374 g/mol. The summed E-state index contributed by atoms with van der Waals surface area (Å²) in [4.78, 5) is 23.8. The van der Waals surface area contributed by atoms with Gasteiger partial charge in [0.05, 0.1) is 0 Å². The van der Waals surface area contributed by atoms with E-state index in [0.29, 0.717) is 12.4 Å². The second kappa shape index (κ2) is 9.92. The number of amides is 1. The summed E-state index contributed by atoms with van der Waals surface area (Å²) in [6.07, 6.45) is 10.6. The lowest BCUT2D eigenvalue weighted by Gasteiger charge is -2.21. The molecular formula is C24H33N5O. The highest BCUT2D eigenvalue weighted by atomic mass is 16.1. The second-order valence-corrected chi connectivity index (χ2v) is 8.68. The van der Waals surface area contributed by atoms with Crippen LogP contribution in [0.2, 0.25) is 0 Å². The topological polar surface area (TPSA) is 70.2 Å². The van der Waals surface area contributed by atoms with Gasteiger partial charge in [0.2, 0.25) is 11.9 Å². The van der Waals surface area contributed by atoms with Crippen LogP contribution in [-0.4, -0.2) is 29.0 Å². The Labute approximate surface area is 179 Å². The Balaban J connectivity index is 1.30. The first kappa shape index (κ1) is 20.6. The molecule has 1 aromatic heterocycles. The maximum Gasteiger partial charge on any atom is 0.229 e. The van der Waals surface area contributed by atoms with E-state index in [9.17, 15) is 4.79 Å². The van der Waals surface area contributed by atoms with Gasteiger partial charge in [-0.05, 0) is 56.4 Å². The van der Waals surface area contributed by atoms with Crippen molar-refractivity contribution in [2.45, 2.75) is 64.7 Å². The quantitative estimate of drug-likeness (QED) is 0.641. The lowest BCUT2D eigenvalue weighted by Crippen LogP contribution is -2.19. The van der Waals surface area contributed by atoms with Crippen LogP contribution in [0.5, 0.6) is 0 Å². The van der Waals surface area contributed by atoms with Gasteiger partial charge in [-0.15, -0.1) is 0 Å². The molecule has 2 heterocycles. The van der Waals surface area contributed by atoms with Crippen LogP contribution in [0.25, 0.3) is 0 Å². The minimum Gasteiger partial charge on any atom is -0.356 e. The highest BCUT2D eigenvalue weighted by molar-refractivity contribution is 5.90. The van der Waals surface area contributed by atoms with Gasteiger partial charge in [-0.25, -0.2) is 4.98 Å². The summed E-state index contributed by atoms with van der Waals surface area (Å²) in [5.41, 5.74) is 2.70. The molecule has 0 radical (unpaired) electrons. The third-order valence-electron chi connectivity index (χ3n) is 6.20. The third-order valence-corrected chi connectivity index (χ3v) is 6.20. The molecule has 2 aromatic rings. The van der Waals surface area contributed by atoms with Crippen molar-refractivity contribution in [1.29, 1.82) is 0 Å². The molecule has 2 fully saturated rings. The molecule has 4 rings (SSSR count). The summed E-state index contributed by atoms with van der Waals surface area (Å²) in [7, 11) is 0. The first-order chi connectivity index (χ1) is 14.7. The van der Waals surface area contributed by atoms with Crippen molar-refractivity contribution in [3.05, 3.63) is 36.0 Å². The van der Waals surface area contributed by atoms with Crippen LogP contribution >= 0.6 is 0 Å². The number of hydrogen-bond donors (Lipinski definition) is 2. The minimum absolute atomic E-state index is 0.110. The predicted molar refractivity (Wildman–Crippen MR) is 122 cm³/mol. The molecule has 160 valence electrons. The largest absolute Gasteiger partial charge is 0.356 e. The molecule has 1 aliphatic carbocycles. The average Bonchev–Trinajstić information content (AvgIpc) is 3.29. The Kier molecular flexibility index (Phi) is 6.82. The third kappa shape index (κ3) is 5.71. The molecule has 2 aliphatic rings. The van der Waals surface area contributed by atoms with Gasteiger partial charge in [0.15, 0.2) is 0 Å². The Hall–Kier alpha value is -2.63. The van der Waals surface area contributed by atoms with E-state index in [1.807, 2.05) is 37.3 Å². The first-order valence-electron chi connectivity index (χ1n) is 11.4. The van der Waals surface area contributed by atoms with E-state index in [0.717, 1.165) is 48.3 Å². The molecule has 0 bridgehead atoms. The van der Waals surface area contributed by atoms with Crippen molar-refractivity contribution in [3.8, 4) is 0 Å². The monoisotopic (exact) mass is 407 g/mol. The summed E-state index contributed by atoms with van der Waals surface area (Å²) in [5.74, 6) is 2.44. The number of carbonyl (C=O) groups excluding carboxylic acids is 1. The Morgan fingerprint density at radius 2 is 1.70 bits per heavy atom. The zero-order valence-corrected chi connectivity index (χ0v) is 18.0. The fourth-order valence-corrected chi connectivity index (χ4v) is 4.52. The van der Waals surface area contributed by atoms with Crippen molar-refractivity contribution in [2.75, 3.05) is 28.6 Å². The Bertz CT molecular complexity index is 839. The Morgan fingerprint density at radius 3 is 2.43 bits per heavy atom. The number of benzene rings is 1. The van der Waals surface area contributed by atoms with E-state index in [2.05, 4.69) is 25.5 Å². The van der Waals surface area contributed by atoms with Crippen molar-refractivity contribution in [3.63, 3.8) is 0 Å². The molecule has 1 aliphatic heterocycles. The number of nitrogens with one attached hydrogen (secondary N) is 2. The zero-order chi connectivity index (χ0) is 20.8. The fourth-order valence-electron chi connectivity index (χ4n) is 4.52. The van der Waals surface area contributed by atoms with Gasteiger partial charge in [-0.3, -0.25) is 4.79 Å². The molecule has 0 unspecified atom stereocenters. The number of hydrogen-bond acceptors (Lipinski definition) is 5. The van der Waals surface area contributed by atoms with Crippen LogP contribution in [0.15, 0.2) is 30.3 Å². The molecule has 30 heavy (non-hydrogen) atoms. The van der Waals surface area contributed by atoms with Gasteiger partial charge in [0.1, 0.15) is 5.82 Å². The lowest BCUT2D eigenvalue weighted by atomic mass is 9.86. The maximum atomic E-state index is 12.3. The Morgan fingerprint density at radius 1 is 1.00 bits per heavy atom. The maximum absolute atomic E-state index is 12.3. The van der Waals surface area contributed by atoms with Gasteiger partial charge >= 0.3 is 0 Å². The van der Waals surface area contributed by atoms with E-state index >= 15 is 0 Å². The van der Waals surface area contributed by atoms with E-state index in [1.54, 1.807) is 0 Å². The lowest BCUT2D eigenvalue weighted by molar-refractivity contribution is -0.116. The van der Waals surface area contributed by atoms with Gasteiger partial charge in [0, 0.05) is 42.6 Å². The number of aromatic nitrogens is 2. The van der Waals surface area contributed by atoms with Crippen LogP contribution in [-0.2, 0) is 4.79 Å². The van der Waals surface area contributed by atoms with Crippen LogP contribution in [0.3, 0.4) is 0 Å². The van der Waals surface area contributed by atoms with E-state index in [-0.39, 0.29) is 5.91 Å². The average molecular weight is 408 g/mol. The molecule has 0 atom stereocenters. The highest BCUT2D eigenvalue weighted by Gasteiger charge is 2.16. The van der Waals surface area contributed by atoms with Gasteiger partial charge in [-0.1, -0.05) is 32.1 Å². The van der Waals surface area contributed by atoms with Crippen molar-refractivity contribution < 1.29 is 4.79 Å².